The second-order valence-electron chi connectivity index (χ2n) is 5.69. The van der Waals surface area contributed by atoms with Gasteiger partial charge >= 0.3 is 0 Å². The summed E-state index contributed by atoms with van der Waals surface area (Å²) >= 11 is 0. The first-order valence-electron chi connectivity index (χ1n) is 5.58. The Morgan fingerprint density at radius 3 is 2.00 bits per heavy atom. The van der Waals surface area contributed by atoms with Crippen molar-refractivity contribution < 1.29 is 0 Å². The SMILES string of the molecule is CC1CCC12CCCCC2(C)C. The molecule has 70 valence electrons. The van der Waals surface area contributed by atoms with E-state index in [1.807, 2.05) is 0 Å². The molecule has 0 nitrogen and oxygen atoms in total. The van der Waals surface area contributed by atoms with Crippen molar-refractivity contribution in [3.8, 4) is 0 Å². The van der Waals surface area contributed by atoms with Gasteiger partial charge in [0.05, 0.1) is 0 Å². The molecule has 0 heterocycles. The summed E-state index contributed by atoms with van der Waals surface area (Å²) < 4.78 is 0. The molecule has 2 rings (SSSR count). The maximum atomic E-state index is 2.50. The van der Waals surface area contributed by atoms with Gasteiger partial charge < -0.3 is 0 Å². The van der Waals surface area contributed by atoms with Crippen LogP contribution in [0.5, 0.6) is 0 Å². The summed E-state index contributed by atoms with van der Waals surface area (Å²) in [6, 6.07) is 0. The highest BCUT2D eigenvalue weighted by molar-refractivity contribution is 5.04. The molecule has 2 fully saturated rings. The highest BCUT2D eigenvalue weighted by atomic mass is 14.6. The molecule has 0 aromatic heterocycles. The third-order valence-electron chi connectivity index (χ3n) is 4.99. The van der Waals surface area contributed by atoms with Crippen molar-refractivity contribution in [3.63, 3.8) is 0 Å². The van der Waals surface area contributed by atoms with Crippen molar-refractivity contribution in [2.24, 2.45) is 16.7 Å². The van der Waals surface area contributed by atoms with Crippen LogP contribution in [0.1, 0.15) is 59.3 Å². The summed E-state index contributed by atoms with van der Waals surface area (Å²) in [4.78, 5) is 0. The Hall–Kier alpha value is 0. The van der Waals surface area contributed by atoms with Gasteiger partial charge in [0.15, 0.2) is 0 Å². The van der Waals surface area contributed by atoms with E-state index in [0.717, 1.165) is 11.3 Å². The van der Waals surface area contributed by atoms with Crippen LogP contribution in [0.3, 0.4) is 0 Å². The van der Waals surface area contributed by atoms with Gasteiger partial charge in [-0.3, -0.25) is 0 Å². The molecule has 0 aromatic carbocycles. The topological polar surface area (TPSA) is 0 Å². The molecule has 0 radical (unpaired) electrons. The summed E-state index contributed by atoms with van der Waals surface area (Å²) in [5, 5.41) is 0. The van der Waals surface area contributed by atoms with E-state index in [-0.39, 0.29) is 0 Å². The van der Waals surface area contributed by atoms with Crippen molar-refractivity contribution in [1.82, 2.24) is 0 Å². The highest BCUT2D eigenvalue weighted by Crippen LogP contribution is 2.64. The largest absolute Gasteiger partial charge is 0.0620 e. The molecule has 2 aliphatic carbocycles. The van der Waals surface area contributed by atoms with E-state index in [0.29, 0.717) is 5.41 Å². The van der Waals surface area contributed by atoms with Gasteiger partial charge in [-0.1, -0.05) is 33.6 Å². The molecule has 0 heteroatoms. The lowest BCUT2D eigenvalue weighted by Gasteiger charge is -2.60. The summed E-state index contributed by atoms with van der Waals surface area (Å²) in [6.45, 7) is 7.47. The first-order chi connectivity index (χ1) is 5.58. The number of hydrogen-bond acceptors (Lipinski definition) is 0. The van der Waals surface area contributed by atoms with E-state index in [9.17, 15) is 0 Å². The molecule has 0 bridgehead atoms. The van der Waals surface area contributed by atoms with Crippen LogP contribution in [0, 0.1) is 16.7 Å². The predicted molar refractivity (Wildman–Crippen MR) is 53.1 cm³/mol. The average molecular weight is 166 g/mol. The van der Waals surface area contributed by atoms with Crippen molar-refractivity contribution in [2.75, 3.05) is 0 Å². The molecule has 0 amide bonds. The third-order valence-corrected chi connectivity index (χ3v) is 4.99. The van der Waals surface area contributed by atoms with E-state index in [2.05, 4.69) is 20.8 Å². The third kappa shape index (κ3) is 0.900. The van der Waals surface area contributed by atoms with Crippen molar-refractivity contribution in [3.05, 3.63) is 0 Å². The minimum Gasteiger partial charge on any atom is -0.0620 e. The Morgan fingerprint density at radius 1 is 1.00 bits per heavy atom. The molecule has 0 aromatic rings. The van der Waals surface area contributed by atoms with E-state index < -0.39 is 0 Å². The van der Waals surface area contributed by atoms with Crippen LogP contribution in [0.4, 0.5) is 0 Å². The number of rotatable bonds is 0. The van der Waals surface area contributed by atoms with Crippen molar-refractivity contribution in [2.45, 2.75) is 59.3 Å². The molecular formula is C12H22. The van der Waals surface area contributed by atoms with Crippen molar-refractivity contribution >= 4 is 0 Å². The van der Waals surface area contributed by atoms with Crippen LogP contribution >= 0.6 is 0 Å². The van der Waals surface area contributed by atoms with Gasteiger partial charge in [-0.2, -0.15) is 0 Å². The Bertz CT molecular complexity index is 180. The Morgan fingerprint density at radius 2 is 1.67 bits per heavy atom. The van der Waals surface area contributed by atoms with Gasteiger partial charge in [-0.05, 0) is 42.4 Å². The van der Waals surface area contributed by atoms with Gasteiger partial charge in [0.2, 0.25) is 0 Å². The molecule has 2 unspecified atom stereocenters. The van der Waals surface area contributed by atoms with Gasteiger partial charge in [0.25, 0.3) is 0 Å². The predicted octanol–water partition coefficient (Wildman–Crippen LogP) is 4.00. The molecule has 0 saturated heterocycles. The summed E-state index contributed by atoms with van der Waals surface area (Å²) in [5.41, 5.74) is 1.40. The molecule has 0 aliphatic heterocycles. The normalized spacial score (nSPS) is 45.8. The molecule has 1 spiro atoms. The van der Waals surface area contributed by atoms with Gasteiger partial charge in [-0.25, -0.2) is 0 Å². The summed E-state index contributed by atoms with van der Waals surface area (Å²) in [7, 11) is 0. The summed E-state index contributed by atoms with van der Waals surface area (Å²) in [5.74, 6) is 1.01. The quantitative estimate of drug-likeness (QED) is 0.510. The molecule has 2 atom stereocenters. The first-order valence-corrected chi connectivity index (χ1v) is 5.58. The van der Waals surface area contributed by atoms with Gasteiger partial charge in [0, 0.05) is 0 Å². The van der Waals surface area contributed by atoms with E-state index in [1.165, 1.54) is 38.5 Å². The van der Waals surface area contributed by atoms with Crippen LogP contribution in [0.2, 0.25) is 0 Å². The molecular weight excluding hydrogens is 144 g/mol. The fourth-order valence-corrected chi connectivity index (χ4v) is 3.75. The van der Waals surface area contributed by atoms with Crippen LogP contribution in [0.15, 0.2) is 0 Å². The minimum atomic E-state index is 0.642. The zero-order chi connectivity index (χ0) is 8.82. The zero-order valence-electron chi connectivity index (χ0n) is 8.82. The number of hydrogen-bond donors (Lipinski definition) is 0. The Balaban J connectivity index is 2.21. The fraction of sp³-hybridized carbons (Fsp3) is 1.00. The second kappa shape index (κ2) is 2.49. The molecule has 0 N–H and O–H groups in total. The van der Waals surface area contributed by atoms with Crippen LogP contribution in [-0.2, 0) is 0 Å². The van der Waals surface area contributed by atoms with Gasteiger partial charge in [-0.15, -0.1) is 0 Å². The Kier molecular flexibility index (Phi) is 1.79. The Labute approximate surface area is 76.7 Å². The molecule has 12 heavy (non-hydrogen) atoms. The van der Waals surface area contributed by atoms with Crippen molar-refractivity contribution in [1.29, 1.82) is 0 Å². The smallest absolute Gasteiger partial charge is 0.0220 e. The summed E-state index contributed by atoms with van der Waals surface area (Å²) in [6.07, 6.45) is 8.96. The maximum absolute atomic E-state index is 2.50. The second-order valence-corrected chi connectivity index (χ2v) is 5.69. The van der Waals surface area contributed by atoms with E-state index in [4.69, 9.17) is 0 Å². The van der Waals surface area contributed by atoms with Gasteiger partial charge in [0.1, 0.15) is 0 Å². The lowest BCUT2D eigenvalue weighted by molar-refractivity contribution is -0.106. The van der Waals surface area contributed by atoms with Crippen LogP contribution in [-0.4, -0.2) is 0 Å². The minimum absolute atomic E-state index is 0.642. The lowest BCUT2D eigenvalue weighted by atomic mass is 9.44. The highest BCUT2D eigenvalue weighted by Gasteiger charge is 2.54. The van der Waals surface area contributed by atoms with E-state index >= 15 is 0 Å². The van der Waals surface area contributed by atoms with Crippen LogP contribution in [0.25, 0.3) is 0 Å². The molecule has 2 saturated carbocycles. The zero-order valence-corrected chi connectivity index (χ0v) is 8.82. The molecule has 2 aliphatic rings. The monoisotopic (exact) mass is 166 g/mol. The maximum Gasteiger partial charge on any atom is -0.0220 e. The van der Waals surface area contributed by atoms with E-state index in [1.54, 1.807) is 0 Å². The lowest BCUT2D eigenvalue weighted by Crippen LogP contribution is -2.51. The standard InChI is InChI=1S/C12H22/c1-10-6-9-12(10)8-5-4-7-11(12,2)3/h10H,4-9H2,1-3H3. The van der Waals surface area contributed by atoms with Crippen LogP contribution < -0.4 is 0 Å². The fourth-order valence-electron chi connectivity index (χ4n) is 3.75. The average Bonchev–Trinajstić information content (AvgIpc) is 2.01. The first kappa shape index (κ1) is 8.59.